The molecule has 332 valence electrons. The zero-order valence-corrected chi connectivity index (χ0v) is 37.3. The molecule has 3 aliphatic rings. The van der Waals surface area contributed by atoms with E-state index >= 15 is 0 Å². The molecule has 2 aliphatic heterocycles. The highest BCUT2D eigenvalue weighted by Gasteiger charge is 2.53. The van der Waals surface area contributed by atoms with Crippen molar-refractivity contribution in [3.05, 3.63) is 35.9 Å². The summed E-state index contributed by atoms with van der Waals surface area (Å²) in [5.41, 5.74) is -1.11. The summed E-state index contributed by atoms with van der Waals surface area (Å²) in [5.74, 6) is -1.28. The fourth-order valence-corrected chi connectivity index (χ4v) is 9.84. The smallest absolute Gasteiger partial charge is 0.411 e. The number of aliphatic hydroxyl groups is 1. The molecule has 2 heterocycles. The highest BCUT2D eigenvalue weighted by Crippen LogP contribution is 2.43. The number of ether oxygens (including phenoxy) is 3. The summed E-state index contributed by atoms with van der Waals surface area (Å²) in [4.78, 5) is 70.6. The van der Waals surface area contributed by atoms with Gasteiger partial charge in [-0.25, -0.2) is 4.79 Å². The molecular formula is C45H73N5O9. The lowest BCUT2D eigenvalue weighted by Gasteiger charge is -2.40. The van der Waals surface area contributed by atoms with Crippen LogP contribution in [-0.4, -0.2) is 133 Å². The van der Waals surface area contributed by atoms with Crippen LogP contribution >= 0.6 is 0 Å². The molecule has 4 rings (SSSR count). The first-order valence-electron chi connectivity index (χ1n) is 21.7. The number of fused-ring (bicyclic) bond motifs is 2. The number of piperidine rings is 1. The van der Waals surface area contributed by atoms with Crippen LogP contribution in [0.5, 0.6) is 0 Å². The Morgan fingerprint density at radius 2 is 1.66 bits per heavy atom. The summed E-state index contributed by atoms with van der Waals surface area (Å²) in [6.45, 7) is 18.1. The second-order valence-corrected chi connectivity index (χ2v) is 18.8. The number of likely N-dealkylation sites (tertiary alicyclic amines) is 2. The third kappa shape index (κ3) is 11.5. The Labute approximate surface area is 352 Å². The minimum absolute atomic E-state index is 0.00445. The molecule has 1 aromatic carbocycles. The lowest BCUT2D eigenvalue weighted by Crippen LogP contribution is -2.61. The summed E-state index contributed by atoms with van der Waals surface area (Å²) in [7, 11) is 3.16. The fraction of sp³-hybridized carbons (Fsp3) is 0.756. The molecule has 4 N–H and O–H groups in total. The Morgan fingerprint density at radius 1 is 0.983 bits per heavy atom. The van der Waals surface area contributed by atoms with E-state index in [-0.39, 0.29) is 54.0 Å². The molecule has 14 heteroatoms. The van der Waals surface area contributed by atoms with E-state index in [2.05, 4.69) is 34.7 Å². The number of carbonyl (C=O) groups is 5. The normalized spacial score (nSPS) is 25.9. The van der Waals surface area contributed by atoms with Crippen LogP contribution < -0.4 is 16.0 Å². The molecule has 1 unspecified atom stereocenters. The van der Waals surface area contributed by atoms with Crippen LogP contribution in [0.4, 0.5) is 4.79 Å². The van der Waals surface area contributed by atoms with Gasteiger partial charge in [0.2, 0.25) is 11.8 Å². The summed E-state index contributed by atoms with van der Waals surface area (Å²) in [6, 6.07) is 6.54. The van der Waals surface area contributed by atoms with Gasteiger partial charge in [-0.3, -0.25) is 24.7 Å². The number of amides is 3. The van der Waals surface area contributed by atoms with Gasteiger partial charge in [0.05, 0.1) is 29.9 Å². The highest BCUT2D eigenvalue weighted by molar-refractivity contribution is 5.92. The van der Waals surface area contributed by atoms with Crippen molar-refractivity contribution in [2.75, 3.05) is 33.9 Å². The first-order valence-corrected chi connectivity index (χ1v) is 21.7. The first kappa shape index (κ1) is 48.2. The van der Waals surface area contributed by atoms with E-state index < -0.39 is 59.7 Å². The van der Waals surface area contributed by atoms with Gasteiger partial charge in [-0.15, -0.1) is 0 Å². The monoisotopic (exact) mass is 828 g/mol. The van der Waals surface area contributed by atoms with E-state index in [0.29, 0.717) is 19.5 Å². The van der Waals surface area contributed by atoms with E-state index in [0.717, 1.165) is 43.8 Å². The van der Waals surface area contributed by atoms with E-state index in [1.165, 1.54) is 0 Å². The number of rotatable bonds is 21. The number of methoxy groups -OCH3 is 2. The number of carbonyl (C=O) groups excluding carboxylic acids is 5. The van der Waals surface area contributed by atoms with Crippen molar-refractivity contribution in [2.45, 2.75) is 154 Å². The van der Waals surface area contributed by atoms with Crippen LogP contribution in [0.2, 0.25) is 0 Å². The van der Waals surface area contributed by atoms with E-state index in [1.54, 1.807) is 46.8 Å². The molecule has 14 nitrogen and oxygen atoms in total. The number of hydrogen-bond acceptors (Lipinski definition) is 11. The largest absolute Gasteiger partial charge is 0.444 e. The molecule has 13 atom stereocenters. The van der Waals surface area contributed by atoms with Gasteiger partial charge in [0.15, 0.2) is 0 Å². The molecule has 3 fully saturated rings. The zero-order valence-electron chi connectivity index (χ0n) is 37.3. The van der Waals surface area contributed by atoms with E-state index in [4.69, 9.17) is 14.2 Å². The molecule has 3 amide bonds. The van der Waals surface area contributed by atoms with Gasteiger partial charge in [-0.1, -0.05) is 64.4 Å². The quantitative estimate of drug-likeness (QED) is 0.130. The van der Waals surface area contributed by atoms with Crippen LogP contribution in [0.25, 0.3) is 0 Å². The Balaban J connectivity index is 1.45. The highest BCUT2D eigenvalue weighted by atomic mass is 16.6. The molecule has 59 heavy (non-hydrogen) atoms. The molecule has 1 aromatic rings. The summed E-state index contributed by atoms with van der Waals surface area (Å²) in [6.07, 6.45) is 3.07. The summed E-state index contributed by atoms with van der Waals surface area (Å²) in [5, 5.41) is 20.5. The average Bonchev–Trinajstić information content (AvgIpc) is 3.96. The zero-order chi connectivity index (χ0) is 43.8. The van der Waals surface area contributed by atoms with Crippen LogP contribution in [-0.2, 0) is 33.4 Å². The maximum absolute atomic E-state index is 14.0. The van der Waals surface area contributed by atoms with E-state index in [9.17, 15) is 29.1 Å². The Kier molecular flexibility index (Phi) is 17.1. The van der Waals surface area contributed by atoms with Gasteiger partial charge in [0.1, 0.15) is 30.3 Å². The third-order valence-corrected chi connectivity index (χ3v) is 13.1. The number of hydrogen-bond donors (Lipinski definition) is 4. The molecule has 2 saturated heterocycles. The number of nitrogens with zero attached hydrogens (tertiary/aromatic N) is 2. The maximum Gasteiger partial charge on any atom is 0.411 e. The van der Waals surface area contributed by atoms with Crippen LogP contribution in [0.3, 0.4) is 0 Å². The maximum atomic E-state index is 14.0. The van der Waals surface area contributed by atoms with Gasteiger partial charge in [-0.2, -0.15) is 0 Å². The van der Waals surface area contributed by atoms with Gasteiger partial charge >= 0.3 is 6.09 Å². The number of nitrogens with one attached hydrogen (secondary N) is 3. The molecule has 0 radical (unpaired) electrons. The Bertz CT molecular complexity index is 1560. The SMILES string of the molecule is CC[C@H](C)[C@@H](CNC(=O)C(NC(=O)[C@@H]1[C@H]2CC[C@H](C2)N1C(=O)OC(C)(C)C)C(C)C)[C@@H](OC)[C@@H](C=O)N1CC[C@H]([C@@H](OC)[C@](C)(C=O)N[C@H](C)[C@@H](O)c2ccccc2)C1. The molecule has 1 aliphatic carbocycles. The summed E-state index contributed by atoms with van der Waals surface area (Å²) >= 11 is 0. The lowest BCUT2D eigenvalue weighted by atomic mass is 9.83. The third-order valence-electron chi connectivity index (χ3n) is 13.1. The number of aliphatic hydroxyl groups excluding tert-OH is 1. The second-order valence-electron chi connectivity index (χ2n) is 18.8. The molecule has 1 saturated carbocycles. The van der Waals surface area contributed by atoms with E-state index in [1.807, 2.05) is 51.1 Å². The van der Waals surface area contributed by atoms with Gasteiger partial charge in [0, 0.05) is 51.2 Å². The minimum Gasteiger partial charge on any atom is -0.444 e. The molecular weight excluding hydrogens is 755 g/mol. The lowest BCUT2D eigenvalue weighted by molar-refractivity contribution is -0.134. The number of aldehydes is 2. The molecule has 2 bridgehead atoms. The van der Waals surface area contributed by atoms with Crippen LogP contribution in [0.15, 0.2) is 30.3 Å². The van der Waals surface area contributed by atoms with Crippen molar-refractivity contribution in [3.63, 3.8) is 0 Å². The topological polar surface area (TPSA) is 176 Å². The predicted octanol–water partition coefficient (Wildman–Crippen LogP) is 4.28. The fourth-order valence-electron chi connectivity index (χ4n) is 9.84. The van der Waals surface area contributed by atoms with Crippen molar-refractivity contribution < 1.29 is 43.3 Å². The minimum atomic E-state index is -1.14. The van der Waals surface area contributed by atoms with Crippen molar-refractivity contribution in [3.8, 4) is 0 Å². The van der Waals surface area contributed by atoms with Gasteiger partial charge < -0.3 is 39.5 Å². The Morgan fingerprint density at radius 3 is 2.22 bits per heavy atom. The molecule has 0 spiro atoms. The summed E-state index contributed by atoms with van der Waals surface area (Å²) < 4.78 is 17.8. The van der Waals surface area contributed by atoms with Crippen molar-refractivity contribution in [1.82, 2.24) is 25.8 Å². The van der Waals surface area contributed by atoms with Crippen molar-refractivity contribution in [2.24, 2.45) is 29.6 Å². The van der Waals surface area contributed by atoms with Gasteiger partial charge in [0.25, 0.3) is 0 Å². The molecule has 0 aromatic heterocycles. The average molecular weight is 828 g/mol. The van der Waals surface area contributed by atoms with Crippen LogP contribution in [0.1, 0.15) is 106 Å². The number of benzene rings is 1. The van der Waals surface area contributed by atoms with Crippen molar-refractivity contribution in [1.29, 1.82) is 0 Å². The van der Waals surface area contributed by atoms with Crippen LogP contribution in [0, 0.1) is 29.6 Å². The Hall–Kier alpha value is -3.43. The van der Waals surface area contributed by atoms with Crippen molar-refractivity contribution >= 4 is 30.5 Å². The van der Waals surface area contributed by atoms with Gasteiger partial charge in [-0.05, 0) is 90.2 Å². The predicted molar refractivity (Wildman–Crippen MR) is 225 cm³/mol. The second kappa shape index (κ2) is 20.9. The first-order chi connectivity index (χ1) is 27.8. The standard InChI is InChI=1S/C45H73N5O9/c1-12-28(4)34(23-46-41(54)36(27(2)3)47-42(55)37-31-18-19-33(22-31)50(37)43(56)59-44(6,7)8)39(57-10)35(25-51)49-21-20-32(24-49)40(58-11)45(9,26-52)48-29(5)38(53)30-16-14-13-15-17-30/h13-17,25-29,31-40,48,53H,12,18-24H2,1-11H3,(H,46,54)(H,47,55)/t28-,29+,31-,32-,33+,34+,35+,36?,37-,38+,39+,40+,45-/m0/s1.